The summed E-state index contributed by atoms with van der Waals surface area (Å²) in [5.74, 6) is -0.643. The molecule has 0 aliphatic heterocycles. The maximum atomic E-state index is 13.7. The maximum absolute atomic E-state index is 13.7. The van der Waals surface area contributed by atoms with E-state index >= 15 is 0 Å². The molecule has 0 atom stereocenters. The van der Waals surface area contributed by atoms with Crippen molar-refractivity contribution in [1.82, 2.24) is 5.32 Å². The minimum Gasteiger partial charge on any atom is -0.399 e. The highest BCUT2D eigenvalue weighted by Crippen LogP contribution is 2.23. The first-order chi connectivity index (χ1) is 8.47. The summed E-state index contributed by atoms with van der Waals surface area (Å²) in [5, 5.41) is 4.63. The first kappa shape index (κ1) is 13.8. The minimum absolute atomic E-state index is 0.0543. The Labute approximate surface area is 104 Å². The molecule has 2 amide bonds. The average Bonchev–Trinajstić information content (AvgIpc) is 2.31. The third-order valence-corrected chi connectivity index (χ3v) is 2.30. The number of nitrogen functional groups attached to an aromatic ring is 1. The summed E-state index contributed by atoms with van der Waals surface area (Å²) in [6.07, 6.45) is 0.537. The molecule has 0 aliphatic rings. The Morgan fingerprint density at radius 3 is 2.72 bits per heavy atom. The van der Waals surface area contributed by atoms with Gasteiger partial charge in [-0.15, -0.1) is 0 Å². The molecule has 0 radical (unpaired) electrons. The van der Waals surface area contributed by atoms with Crippen LogP contribution in [0.15, 0.2) is 17.1 Å². The molecule has 0 fully saturated rings. The molecule has 0 saturated carbocycles. The fourth-order valence-electron chi connectivity index (χ4n) is 1.42. The number of benzene rings is 1. The second kappa shape index (κ2) is 5.85. The normalized spacial score (nSPS) is 11.2. The van der Waals surface area contributed by atoms with Crippen LogP contribution >= 0.6 is 0 Å². The molecule has 0 saturated heterocycles. The summed E-state index contributed by atoms with van der Waals surface area (Å²) in [4.78, 5) is 15.1. The van der Waals surface area contributed by atoms with Gasteiger partial charge in [0, 0.05) is 12.7 Å². The number of urea groups is 1. The second-order valence-corrected chi connectivity index (χ2v) is 3.58. The number of carbonyl (C=O) groups excluding carboxylic acids is 1. The van der Waals surface area contributed by atoms with Crippen LogP contribution < -0.4 is 22.1 Å². The molecule has 98 valence electrons. The molecule has 0 unspecified atom stereocenters. The predicted molar refractivity (Wildman–Crippen MR) is 69.9 cm³/mol. The summed E-state index contributed by atoms with van der Waals surface area (Å²) in [6.45, 7) is 1.83. The summed E-state index contributed by atoms with van der Waals surface area (Å²) in [7, 11) is 1.43. The number of rotatable bonds is 2. The summed E-state index contributed by atoms with van der Waals surface area (Å²) >= 11 is 0. The third-order valence-electron chi connectivity index (χ3n) is 2.30. The molecule has 6 nitrogen and oxygen atoms in total. The SMILES string of the molecule is CCc1cc(N)cc(F)c1NC(=O)NC(N)=NC. The summed E-state index contributed by atoms with van der Waals surface area (Å²) < 4.78 is 13.7. The molecule has 1 aromatic rings. The van der Waals surface area contributed by atoms with Gasteiger partial charge in [0.05, 0.1) is 5.69 Å². The van der Waals surface area contributed by atoms with E-state index in [1.807, 2.05) is 6.92 Å². The van der Waals surface area contributed by atoms with E-state index in [4.69, 9.17) is 11.5 Å². The monoisotopic (exact) mass is 253 g/mol. The lowest BCUT2D eigenvalue weighted by Gasteiger charge is -2.12. The van der Waals surface area contributed by atoms with Crippen LogP contribution in [-0.2, 0) is 6.42 Å². The Balaban J connectivity index is 2.93. The van der Waals surface area contributed by atoms with E-state index in [0.29, 0.717) is 17.7 Å². The van der Waals surface area contributed by atoms with Crippen LogP contribution in [0.3, 0.4) is 0 Å². The van der Waals surface area contributed by atoms with Crippen molar-refractivity contribution in [2.24, 2.45) is 10.7 Å². The summed E-state index contributed by atoms with van der Waals surface area (Å²) in [6, 6.07) is 2.10. The quantitative estimate of drug-likeness (QED) is 0.359. The molecule has 1 aromatic carbocycles. The minimum atomic E-state index is -0.656. The number of amides is 2. The van der Waals surface area contributed by atoms with Crippen LogP contribution in [0.2, 0.25) is 0 Å². The van der Waals surface area contributed by atoms with Gasteiger partial charge in [0.2, 0.25) is 0 Å². The predicted octanol–water partition coefficient (Wildman–Crippen LogP) is 1.04. The van der Waals surface area contributed by atoms with Crippen molar-refractivity contribution >= 4 is 23.4 Å². The number of halogens is 1. The van der Waals surface area contributed by atoms with Gasteiger partial charge in [0.15, 0.2) is 5.96 Å². The van der Waals surface area contributed by atoms with Gasteiger partial charge >= 0.3 is 6.03 Å². The molecule has 0 aromatic heterocycles. The average molecular weight is 253 g/mol. The third kappa shape index (κ3) is 3.34. The van der Waals surface area contributed by atoms with Crippen LogP contribution in [0.25, 0.3) is 0 Å². The number of nitrogens with one attached hydrogen (secondary N) is 2. The van der Waals surface area contributed by atoms with E-state index in [0.717, 1.165) is 6.07 Å². The Hall–Kier alpha value is -2.31. The molecule has 0 bridgehead atoms. The van der Waals surface area contributed by atoms with Gasteiger partial charge in [-0.25, -0.2) is 9.18 Å². The van der Waals surface area contributed by atoms with Gasteiger partial charge in [-0.1, -0.05) is 6.92 Å². The highest BCUT2D eigenvalue weighted by molar-refractivity contribution is 6.02. The first-order valence-corrected chi connectivity index (χ1v) is 5.36. The van der Waals surface area contributed by atoms with E-state index in [9.17, 15) is 9.18 Å². The number of aryl methyl sites for hydroxylation is 1. The molecule has 7 heteroatoms. The van der Waals surface area contributed by atoms with Crippen molar-refractivity contribution < 1.29 is 9.18 Å². The lowest BCUT2D eigenvalue weighted by atomic mass is 10.1. The van der Waals surface area contributed by atoms with Gasteiger partial charge in [0.1, 0.15) is 5.82 Å². The van der Waals surface area contributed by atoms with Gasteiger partial charge in [-0.2, -0.15) is 0 Å². The molecule has 6 N–H and O–H groups in total. The number of nitrogens with zero attached hydrogens (tertiary/aromatic N) is 1. The van der Waals surface area contributed by atoms with Crippen molar-refractivity contribution in [3.63, 3.8) is 0 Å². The molecule has 18 heavy (non-hydrogen) atoms. The topological polar surface area (TPSA) is 106 Å². The zero-order valence-corrected chi connectivity index (χ0v) is 10.2. The number of guanidine groups is 1. The number of hydrogen-bond donors (Lipinski definition) is 4. The van der Waals surface area contributed by atoms with Crippen LogP contribution in [-0.4, -0.2) is 19.0 Å². The Bertz CT molecular complexity index is 487. The second-order valence-electron chi connectivity index (χ2n) is 3.58. The first-order valence-electron chi connectivity index (χ1n) is 5.36. The van der Waals surface area contributed by atoms with Crippen molar-refractivity contribution in [1.29, 1.82) is 0 Å². The van der Waals surface area contributed by atoms with Gasteiger partial charge < -0.3 is 16.8 Å². The van der Waals surface area contributed by atoms with Crippen LogP contribution in [0.5, 0.6) is 0 Å². The molecular formula is C11H16FN5O. The standard InChI is InChI=1S/C11H16FN5O/c1-3-6-4-7(13)5-8(12)9(6)16-11(18)17-10(14)15-2/h4-5H,3,13H2,1-2H3,(H4,14,15,16,17,18). The van der Waals surface area contributed by atoms with Crippen molar-refractivity contribution in [2.75, 3.05) is 18.1 Å². The lowest BCUT2D eigenvalue weighted by Crippen LogP contribution is -2.39. The van der Waals surface area contributed by atoms with E-state index < -0.39 is 11.8 Å². The van der Waals surface area contributed by atoms with Crippen molar-refractivity contribution in [3.8, 4) is 0 Å². The lowest BCUT2D eigenvalue weighted by molar-refractivity contribution is 0.256. The van der Waals surface area contributed by atoms with Crippen LogP contribution in [0, 0.1) is 5.82 Å². The fourth-order valence-corrected chi connectivity index (χ4v) is 1.42. The number of carbonyl (C=O) groups is 1. The molecule has 0 heterocycles. The molecular weight excluding hydrogens is 237 g/mol. The Morgan fingerprint density at radius 2 is 2.17 bits per heavy atom. The van der Waals surface area contributed by atoms with Crippen LogP contribution in [0.1, 0.15) is 12.5 Å². The van der Waals surface area contributed by atoms with E-state index in [-0.39, 0.29) is 11.6 Å². The number of anilines is 2. The molecule has 0 aliphatic carbocycles. The van der Waals surface area contributed by atoms with Gasteiger partial charge in [0.25, 0.3) is 0 Å². The van der Waals surface area contributed by atoms with E-state index in [1.165, 1.54) is 7.05 Å². The Kier molecular flexibility index (Phi) is 4.47. The smallest absolute Gasteiger partial charge is 0.326 e. The Morgan fingerprint density at radius 1 is 1.50 bits per heavy atom. The van der Waals surface area contributed by atoms with Gasteiger partial charge in [-0.3, -0.25) is 10.3 Å². The number of aliphatic imine (C=N–C) groups is 1. The highest BCUT2D eigenvalue weighted by Gasteiger charge is 2.12. The fraction of sp³-hybridized carbons (Fsp3) is 0.273. The van der Waals surface area contributed by atoms with Crippen LogP contribution in [0.4, 0.5) is 20.6 Å². The zero-order valence-electron chi connectivity index (χ0n) is 10.2. The number of hydrogen-bond acceptors (Lipinski definition) is 3. The van der Waals surface area contributed by atoms with E-state index in [1.54, 1.807) is 6.07 Å². The van der Waals surface area contributed by atoms with Gasteiger partial charge in [-0.05, 0) is 24.1 Å². The number of nitrogens with two attached hydrogens (primary N) is 2. The van der Waals surface area contributed by atoms with E-state index in [2.05, 4.69) is 15.6 Å². The maximum Gasteiger partial charge on any atom is 0.326 e. The molecule has 0 spiro atoms. The highest BCUT2D eigenvalue weighted by atomic mass is 19.1. The molecule has 1 rings (SSSR count). The summed E-state index contributed by atoms with van der Waals surface area (Å²) in [5.41, 5.74) is 11.9. The largest absolute Gasteiger partial charge is 0.399 e. The van der Waals surface area contributed by atoms with Crippen molar-refractivity contribution in [3.05, 3.63) is 23.5 Å². The zero-order chi connectivity index (χ0) is 13.7. The van der Waals surface area contributed by atoms with Crippen molar-refractivity contribution in [2.45, 2.75) is 13.3 Å².